The summed E-state index contributed by atoms with van der Waals surface area (Å²) in [4.78, 5) is 12.1. The molecule has 0 saturated heterocycles. The summed E-state index contributed by atoms with van der Waals surface area (Å²) in [6, 6.07) is 11.0. The third kappa shape index (κ3) is 4.74. The molecule has 24 heavy (non-hydrogen) atoms. The van der Waals surface area contributed by atoms with Gasteiger partial charge in [-0.2, -0.15) is 13.2 Å². The van der Waals surface area contributed by atoms with Crippen molar-refractivity contribution in [2.24, 2.45) is 0 Å². The van der Waals surface area contributed by atoms with Crippen molar-refractivity contribution in [2.45, 2.75) is 24.1 Å². The Hall–Kier alpha value is -2.02. The van der Waals surface area contributed by atoms with Crippen molar-refractivity contribution in [1.29, 1.82) is 0 Å². The Balaban J connectivity index is 2.01. The first-order valence-electron chi connectivity index (χ1n) is 7.11. The summed E-state index contributed by atoms with van der Waals surface area (Å²) in [5, 5.41) is 1.66. The van der Waals surface area contributed by atoms with E-state index in [0.717, 1.165) is 17.8 Å². The van der Waals surface area contributed by atoms with Gasteiger partial charge in [-0.1, -0.05) is 30.3 Å². The van der Waals surface area contributed by atoms with Crippen molar-refractivity contribution < 1.29 is 22.4 Å². The van der Waals surface area contributed by atoms with E-state index in [2.05, 4.69) is 5.32 Å². The Bertz CT molecular complexity index is 718. The van der Waals surface area contributed by atoms with Gasteiger partial charge in [-0.05, 0) is 30.7 Å². The molecule has 0 aliphatic heterocycles. The van der Waals surface area contributed by atoms with Crippen LogP contribution in [0.3, 0.4) is 0 Å². The normalized spacial score (nSPS) is 12.7. The lowest BCUT2D eigenvalue weighted by molar-refractivity contribution is -0.137. The van der Waals surface area contributed by atoms with E-state index in [1.807, 2.05) is 0 Å². The zero-order valence-corrected chi connectivity index (χ0v) is 13.5. The fraction of sp³-hybridized carbons (Fsp3) is 0.235. The number of amides is 1. The molecule has 7 heteroatoms. The molecule has 2 aromatic carbocycles. The van der Waals surface area contributed by atoms with Crippen LogP contribution in [0.4, 0.5) is 23.2 Å². The van der Waals surface area contributed by atoms with Gasteiger partial charge in [0.2, 0.25) is 5.91 Å². The zero-order chi connectivity index (χ0) is 17.7. The molecule has 0 aliphatic carbocycles. The third-order valence-corrected chi connectivity index (χ3v) is 4.50. The Morgan fingerprint density at radius 1 is 1.12 bits per heavy atom. The Morgan fingerprint density at radius 3 is 2.42 bits per heavy atom. The highest BCUT2D eigenvalue weighted by Gasteiger charge is 2.33. The lowest BCUT2D eigenvalue weighted by Gasteiger charge is -2.16. The Morgan fingerprint density at radius 2 is 1.75 bits per heavy atom. The number of carbonyl (C=O) groups is 1. The highest BCUT2D eigenvalue weighted by molar-refractivity contribution is 7.99. The quantitative estimate of drug-likeness (QED) is 0.754. The summed E-state index contributed by atoms with van der Waals surface area (Å²) < 4.78 is 52.3. The summed E-state index contributed by atoms with van der Waals surface area (Å²) >= 11 is 1.15. The molecule has 128 valence electrons. The number of hydrogen-bond acceptors (Lipinski definition) is 2. The molecule has 0 heterocycles. The van der Waals surface area contributed by atoms with Crippen LogP contribution in [0.2, 0.25) is 0 Å². The largest absolute Gasteiger partial charge is 0.418 e. The molecule has 1 atom stereocenters. The molecule has 0 radical (unpaired) electrons. The number of hydrogen-bond donors (Lipinski definition) is 1. The second-order valence-corrected chi connectivity index (χ2v) is 6.41. The molecule has 0 spiro atoms. The molecule has 2 aromatic rings. The molecular formula is C17H15F4NOS. The molecule has 0 fully saturated rings. The zero-order valence-electron chi connectivity index (χ0n) is 12.7. The molecule has 1 unspecified atom stereocenters. The highest BCUT2D eigenvalue weighted by Crippen LogP contribution is 2.34. The summed E-state index contributed by atoms with van der Waals surface area (Å²) in [6.07, 6.45) is -4.55. The minimum Gasteiger partial charge on any atom is -0.325 e. The number of carbonyl (C=O) groups excluding carboxylic acids is 1. The van der Waals surface area contributed by atoms with Crippen LogP contribution in [-0.4, -0.2) is 11.2 Å². The van der Waals surface area contributed by atoms with E-state index >= 15 is 0 Å². The maximum Gasteiger partial charge on any atom is 0.418 e. The summed E-state index contributed by atoms with van der Waals surface area (Å²) in [7, 11) is 0. The minimum absolute atomic E-state index is 0.252. The Labute approximate surface area is 141 Å². The van der Waals surface area contributed by atoms with Gasteiger partial charge in [0.15, 0.2) is 0 Å². The van der Waals surface area contributed by atoms with E-state index in [0.29, 0.717) is 5.56 Å². The van der Waals surface area contributed by atoms with Crippen molar-refractivity contribution in [3.05, 3.63) is 65.5 Å². The first-order valence-corrected chi connectivity index (χ1v) is 8.16. The molecule has 0 aromatic heterocycles. The number of alkyl halides is 3. The van der Waals surface area contributed by atoms with Crippen LogP contribution < -0.4 is 5.32 Å². The van der Waals surface area contributed by atoms with Crippen molar-refractivity contribution in [1.82, 2.24) is 0 Å². The van der Waals surface area contributed by atoms with E-state index < -0.39 is 22.9 Å². The predicted octanol–water partition coefficient (Wildman–Crippen LogP) is 5.10. The molecule has 1 N–H and O–H groups in total. The van der Waals surface area contributed by atoms with Gasteiger partial charge in [0.1, 0.15) is 5.82 Å². The number of nitrogens with one attached hydrogen (secondary N) is 1. The minimum atomic E-state index is -4.55. The van der Waals surface area contributed by atoms with Gasteiger partial charge in [0.25, 0.3) is 0 Å². The van der Waals surface area contributed by atoms with Gasteiger partial charge in [0.05, 0.1) is 16.5 Å². The van der Waals surface area contributed by atoms with E-state index in [1.54, 1.807) is 25.1 Å². The van der Waals surface area contributed by atoms with Gasteiger partial charge in [-0.15, -0.1) is 11.8 Å². The molecule has 2 rings (SSSR count). The fourth-order valence-corrected chi connectivity index (χ4v) is 2.85. The first kappa shape index (κ1) is 18.3. The fourth-order valence-electron chi connectivity index (χ4n) is 1.98. The van der Waals surface area contributed by atoms with E-state index in [9.17, 15) is 22.4 Å². The van der Waals surface area contributed by atoms with Crippen LogP contribution in [-0.2, 0) is 16.7 Å². The maximum atomic E-state index is 13.5. The van der Waals surface area contributed by atoms with Crippen LogP contribution in [0.1, 0.15) is 18.1 Å². The van der Waals surface area contributed by atoms with Crippen molar-refractivity contribution in [2.75, 3.05) is 5.32 Å². The smallest absolute Gasteiger partial charge is 0.325 e. The molecule has 0 saturated carbocycles. The van der Waals surface area contributed by atoms with Crippen LogP contribution in [0.25, 0.3) is 0 Å². The SMILES string of the molecule is CC(SCc1ccccc1F)C(=O)Nc1ccccc1C(F)(F)F. The lowest BCUT2D eigenvalue weighted by Crippen LogP contribution is -2.24. The van der Waals surface area contributed by atoms with Crippen molar-refractivity contribution in [3.8, 4) is 0 Å². The van der Waals surface area contributed by atoms with Gasteiger partial charge < -0.3 is 5.32 Å². The average molecular weight is 357 g/mol. The van der Waals surface area contributed by atoms with Crippen LogP contribution in [0, 0.1) is 5.82 Å². The van der Waals surface area contributed by atoms with Gasteiger partial charge in [0, 0.05) is 5.75 Å². The number of thioether (sulfide) groups is 1. The van der Waals surface area contributed by atoms with E-state index in [1.165, 1.54) is 24.3 Å². The molecule has 2 nitrogen and oxygen atoms in total. The second-order valence-electron chi connectivity index (χ2n) is 5.08. The highest BCUT2D eigenvalue weighted by atomic mass is 32.2. The lowest BCUT2D eigenvalue weighted by atomic mass is 10.1. The summed E-state index contributed by atoms with van der Waals surface area (Å²) in [5.41, 5.74) is -0.740. The number of benzene rings is 2. The monoisotopic (exact) mass is 357 g/mol. The topological polar surface area (TPSA) is 29.1 Å². The van der Waals surface area contributed by atoms with Gasteiger partial charge >= 0.3 is 6.18 Å². The maximum absolute atomic E-state index is 13.5. The Kier molecular flexibility index (Phi) is 5.88. The third-order valence-electron chi connectivity index (χ3n) is 3.31. The van der Waals surface area contributed by atoms with Crippen molar-refractivity contribution in [3.63, 3.8) is 0 Å². The summed E-state index contributed by atoms with van der Waals surface area (Å²) in [6.45, 7) is 1.57. The molecular weight excluding hydrogens is 342 g/mol. The number of para-hydroxylation sites is 1. The standard InChI is InChI=1S/C17H15F4NOS/c1-11(24-10-12-6-2-4-8-14(12)18)16(23)22-15-9-5-3-7-13(15)17(19,20)21/h2-9,11H,10H2,1H3,(H,22,23). The van der Waals surface area contributed by atoms with Gasteiger partial charge in [-0.25, -0.2) is 4.39 Å². The molecule has 0 aliphatic rings. The average Bonchev–Trinajstić information content (AvgIpc) is 2.53. The number of rotatable bonds is 5. The number of anilines is 1. The molecule has 1 amide bonds. The predicted molar refractivity (Wildman–Crippen MR) is 87.2 cm³/mol. The first-order chi connectivity index (χ1) is 11.3. The van der Waals surface area contributed by atoms with Crippen LogP contribution >= 0.6 is 11.8 Å². The summed E-state index contributed by atoms with van der Waals surface area (Å²) in [5.74, 6) is -0.685. The van der Waals surface area contributed by atoms with Crippen LogP contribution in [0.15, 0.2) is 48.5 Å². The second kappa shape index (κ2) is 7.70. The van der Waals surface area contributed by atoms with Gasteiger partial charge in [-0.3, -0.25) is 4.79 Å². The van der Waals surface area contributed by atoms with E-state index in [4.69, 9.17) is 0 Å². The van der Waals surface area contributed by atoms with E-state index in [-0.39, 0.29) is 17.3 Å². The van der Waals surface area contributed by atoms with Crippen LogP contribution in [0.5, 0.6) is 0 Å². The van der Waals surface area contributed by atoms with Crippen molar-refractivity contribution >= 4 is 23.4 Å². The molecule has 0 bridgehead atoms. The number of halogens is 4.